The maximum Gasteiger partial charge on any atom is 0.0931 e. The van der Waals surface area contributed by atoms with Gasteiger partial charge in [-0.15, -0.1) is 11.3 Å². The first-order chi connectivity index (χ1) is 8.65. The lowest BCUT2D eigenvalue weighted by Gasteiger charge is -2.45. The summed E-state index contributed by atoms with van der Waals surface area (Å²) in [6, 6.07) is 6.15. The zero-order valence-electron chi connectivity index (χ0n) is 11.1. The van der Waals surface area contributed by atoms with Gasteiger partial charge in [0.2, 0.25) is 0 Å². The molecular weight excluding hydrogens is 264 g/mol. The summed E-state index contributed by atoms with van der Waals surface area (Å²) in [5.74, 6) is 0. The molecule has 0 bridgehead atoms. The van der Waals surface area contributed by atoms with Crippen LogP contribution in [-0.4, -0.2) is 41.5 Å². The van der Waals surface area contributed by atoms with Gasteiger partial charge in [-0.3, -0.25) is 9.80 Å². The monoisotopic (exact) mass is 284 g/mol. The van der Waals surface area contributed by atoms with Crippen LogP contribution in [0.5, 0.6) is 0 Å². The highest BCUT2D eigenvalue weighted by Crippen LogP contribution is 2.34. The maximum absolute atomic E-state index is 6.06. The zero-order valence-corrected chi connectivity index (χ0v) is 12.7. The Morgan fingerprint density at radius 1 is 1.39 bits per heavy atom. The molecule has 1 aromatic heterocycles. The SMILES string of the molecule is CC1CN2CCCC2CN1C(C)c1ccc(Cl)s1. The van der Waals surface area contributed by atoms with E-state index in [1.165, 1.54) is 37.4 Å². The molecular formula is C14H21ClN2S. The van der Waals surface area contributed by atoms with Crippen molar-refractivity contribution in [3.05, 3.63) is 21.3 Å². The third-order valence-corrected chi connectivity index (χ3v) is 5.89. The van der Waals surface area contributed by atoms with E-state index < -0.39 is 0 Å². The third kappa shape index (κ3) is 2.34. The first kappa shape index (κ1) is 12.9. The van der Waals surface area contributed by atoms with Gasteiger partial charge in [0, 0.05) is 36.1 Å². The minimum atomic E-state index is 0.500. The molecule has 2 nitrogen and oxygen atoms in total. The number of hydrogen-bond acceptors (Lipinski definition) is 3. The van der Waals surface area contributed by atoms with Crippen LogP contribution >= 0.6 is 22.9 Å². The van der Waals surface area contributed by atoms with Gasteiger partial charge in [0.05, 0.1) is 4.34 Å². The molecule has 4 heteroatoms. The molecule has 2 saturated heterocycles. The molecule has 100 valence electrons. The van der Waals surface area contributed by atoms with Crippen molar-refractivity contribution in [1.82, 2.24) is 9.80 Å². The second-order valence-electron chi connectivity index (χ2n) is 5.65. The van der Waals surface area contributed by atoms with Crippen molar-refractivity contribution in [2.24, 2.45) is 0 Å². The highest BCUT2D eigenvalue weighted by atomic mass is 35.5. The quantitative estimate of drug-likeness (QED) is 0.818. The lowest BCUT2D eigenvalue weighted by molar-refractivity contribution is 0.0335. The van der Waals surface area contributed by atoms with Crippen molar-refractivity contribution in [3.63, 3.8) is 0 Å². The number of halogens is 1. The van der Waals surface area contributed by atoms with Crippen LogP contribution in [0.1, 0.15) is 37.6 Å². The average Bonchev–Trinajstić information content (AvgIpc) is 2.95. The highest BCUT2D eigenvalue weighted by molar-refractivity contribution is 7.16. The Hall–Kier alpha value is -0.0900. The third-order valence-electron chi connectivity index (χ3n) is 4.49. The summed E-state index contributed by atoms with van der Waals surface area (Å²) >= 11 is 7.79. The van der Waals surface area contributed by atoms with Crippen LogP contribution in [0.15, 0.2) is 12.1 Å². The minimum absolute atomic E-state index is 0.500. The van der Waals surface area contributed by atoms with E-state index in [1.54, 1.807) is 11.3 Å². The van der Waals surface area contributed by atoms with Gasteiger partial charge in [0.25, 0.3) is 0 Å². The fourth-order valence-electron chi connectivity index (χ4n) is 3.47. The molecule has 2 aliphatic heterocycles. The number of hydrogen-bond donors (Lipinski definition) is 0. The summed E-state index contributed by atoms with van der Waals surface area (Å²) in [6.07, 6.45) is 2.76. The van der Waals surface area contributed by atoms with E-state index in [9.17, 15) is 0 Å². The molecule has 3 unspecified atom stereocenters. The Morgan fingerprint density at radius 3 is 2.94 bits per heavy atom. The minimum Gasteiger partial charge on any atom is -0.298 e. The number of thiophene rings is 1. The average molecular weight is 285 g/mol. The Balaban J connectivity index is 1.74. The standard InChI is InChI=1S/C14H21ClN2S/c1-10-8-16-7-3-4-12(16)9-17(10)11(2)13-5-6-14(15)18-13/h5-6,10-12H,3-4,7-9H2,1-2H3. The van der Waals surface area contributed by atoms with E-state index >= 15 is 0 Å². The van der Waals surface area contributed by atoms with Crippen LogP contribution < -0.4 is 0 Å². The molecule has 3 rings (SSSR count). The molecule has 0 radical (unpaired) electrons. The molecule has 0 N–H and O–H groups in total. The van der Waals surface area contributed by atoms with Crippen molar-refractivity contribution in [3.8, 4) is 0 Å². The highest BCUT2D eigenvalue weighted by Gasteiger charge is 2.36. The molecule has 1 aromatic rings. The molecule has 0 spiro atoms. The molecule has 2 fully saturated rings. The van der Waals surface area contributed by atoms with Crippen molar-refractivity contribution in [2.45, 2.75) is 44.8 Å². The second kappa shape index (κ2) is 5.12. The lowest BCUT2D eigenvalue weighted by atomic mass is 10.0. The van der Waals surface area contributed by atoms with Crippen molar-refractivity contribution in [2.75, 3.05) is 19.6 Å². The van der Waals surface area contributed by atoms with Crippen LogP contribution in [0.25, 0.3) is 0 Å². The zero-order chi connectivity index (χ0) is 12.7. The topological polar surface area (TPSA) is 6.48 Å². The number of fused-ring (bicyclic) bond motifs is 1. The van der Waals surface area contributed by atoms with Gasteiger partial charge >= 0.3 is 0 Å². The van der Waals surface area contributed by atoms with Gasteiger partial charge in [-0.25, -0.2) is 0 Å². The summed E-state index contributed by atoms with van der Waals surface area (Å²) in [7, 11) is 0. The maximum atomic E-state index is 6.06. The molecule has 0 amide bonds. The fourth-order valence-corrected chi connectivity index (χ4v) is 4.60. The summed E-state index contributed by atoms with van der Waals surface area (Å²) < 4.78 is 0.906. The summed E-state index contributed by atoms with van der Waals surface area (Å²) in [5, 5.41) is 0. The van der Waals surface area contributed by atoms with Crippen LogP contribution in [0, 0.1) is 0 Å². The van der Waals surface area contributed by atoms with Crippen LogP contribution in [-0.2, 0) is 0 Å². The summed E-state index contributed by atoms with van der Waals surface area (Å²) in [4.78, 5) is 6.74. The van der Waals surface area contributed by atoms with Crippen molar-refractivity contribution in [1.29, 1.82) is 0 Å². The first-order valence-electron chi connectivity index (χ1n) is 6.90. The number of nitrogens with zero attached hydrogens (tertiary/aromatic N) is 2. The van der Waals surface area contributed by atoms with Gasteiger partial charge < -0.3 is 0 Å². The molecule has 2 aliphatic rings. The van der Waals surface area contributed by atoms with E-state index in [4.69, 9.17) is 11.6 Å². The molecule has 0 saturated carbocycles. The molecule has 0 aromatic carbocycles. The van der Waals surface area contributed by atoms with Gasteiger partial charge in [0.1, 0.15) is 0 Å². The van der Waals surface area contributed by atoms with E-state index in [-0.39, 0.29) is 0 Å². The fraction of sp³-hybridized carbons (Fsp3) is 0.714. The molecule has 18 heavy (non-hydrogen) atoms. The van der Waals surface area contributed by atoms with Crippen LogP contribution in [0.4, 0.5) is 0 Å². The Kier molecular flexibility index (Phi) is 3.68. The molecule has 3 heterocycles. The number of rotatable bonds is 2. The van der Waals surface area contributed by atoms with E-state index in [0.29, 0.717) is 12.1 Å². The van der Waals surface area contributed by atoms with Crippen LogP contribution in [0.2, 0.25) is 4.34 Å². The van der Waals surface area contributed by atoms with Crippen molar-refractivity contribution >= 4 is 22.9 Å². The van der Waals surface area contributed by atoms with E-state index in [0.717, 1.165) is 10.4 Å². The smallest absolute Gasteiger partial charge is 0.0931 e. The van der Waals surface area contributed by atoms with Crippen molar-refractivity contribution < 1.29 is 0 Å². The lowest BCUT2D eigenvalue weighted by Crippen LogP contribution is -2.55. The van der Waals surface area contributed by atoms with Gasteiger partial charge in [-0.05, 0) is 45.4 Å². The summed E-state index contributed by atoms with van der Waals surface area (Å²) in [6.45, 7) is 8.44. The Labute approximate surface area is 119 Å². The van der Waals surface area contributed by atoms with E-state index in [2.05, 4.69) is 29.7 Å². The predicted molar refractivity (Wildman–Crippen MR) is 78.5 cm³/mol. The van der Waals surface area contributed by atoms with Gasteiger partial charge in [-0.1, -0.05) is 11.6 Å². The van der Waals surface area contributed by atoms with E-state index in [1.807, 2.05) is 6.07 Å². The Bertz CT molecular complexity index is 420. The Morgan fingerprint density at radius 2 is 2.22 bits per heavy atom. The first-order valence-corrected chi connectivity index (χ1v) is 8.09. The normalized spacial score (nSPS) is 31.5. The predicted octanol–water partition coefficient (Wildman–Crippen LogP) is 3.63. The molecule has 0 aliphatic carbocycles. The number of piperazine rings is 1. The second-order valence-corrected chi connectivity index (χ2v) is 7.40. The van der Waals surface area contributed by atoms with Gasteiger partial charge in [0.15, 0.2) is 0 Å². The van der Waals surface area contributed by atoms with Gasteiger partial charge in [-0.2, -0.15) is 0 Å². The van der Waals surface area contributed by atoms with Crippen LogP contribution in [0.3, 0.4) is 0 Å². The largest absolute Gasteiger partial charge is 0.298 e. The summed E-state index contributed by atoms with van der Waals surface area (Å²) in [5.41, 5.74) is 0. The molecule has 3 atom stereocenters.